The normalized spacial score (nSPS) is 20.5. The van der Waals surface area contributed by atoms with Gasteiger partial charge in [-0.3, -0.25) is 4.90 Å². The summed E-state index contributed by atoms with van der Waals surface area (Å²) in [5.74, 6) is 1.90. The van der Waals surface area contributed by atoms with Gasteiger partial charge in [0.25, 0.3) is 0 Å². The van der Waals surface area contributed by atoms with Crippen molar-refractivity contribution in [3.63, 3.8) is 0 Å². The Hall–Kier alpha value is -1.40. The highest BCUT2D eigenvalue weighted by Gasteiger charge is 2.19. The van der Waals surface area contributed by atoms with E-state index in [1.54, 1.807) is 7.11 Å². The van der Waals surface area contributed by atoms with E-state index in [1.165, 1.54) is 17.7 Å². The van der Waals surface area contributed by atoms with E-state index in [2.05, 4.69) is 28.7 Å². The average Bonchev–Trinajstić information content (AvgIpc) is 2.54. The van der Waals surface area contributed by atoms with Crippen LogP contribution in [0.15, 0.2) is 23.4 Å². The molecule has 1 aromatic carbocycles. The van der Waals surface area contributed by atoms with Crippen LogP contribution in [0.5, 0.6) is 5.75 Å². The van der Waals surface area contributed by atoms with E-state index in [1.807, 2.05) is 18.2 Å². The molecule has 0 aliphatic carbocycles. The molecular weight excluding hydrogens is 286 g/mol. The number of hydrogen-bond acceptors (Lipinski definition) is 5. The molecule has 21 heavy (non-hydrogen) atoms. The number of methoxy groups -OCH3 is 1. The highest BCUT2D eigenvalue weighted by atomic mass is 32.2. The Morgan fingerprint density at radius 3 is 3.05 bits per heavy atom. The van der Waals surface area contributed by atoms with Crippen molar-refractivity contribution in [2.75, 3.05) is 26.0 Å². The van der Waals surface area contributed by atoms with Gasteiger partial charge < -0.3 is 15.7 Å². The summed E-state index contributed by atoms with van der Waals surface area (Å²) in [6.07, 6.45) is 1.22. The molecule has 116 valence electrons. The molecule has 1 aliphatic rings. The summed E-state index contributed by atoms with van der Waals surface area (Å²) in [5, 5.41) is 12.6. The lowest BCUT2D eigenvalue weighted by Crippen LogP contribution is -2.37. The van der Waals surface area contributed by atoms with Crippen LogP contribution in [-0.2, 0) is 6.54 Å². The number of nitrogens with zero attached hydrogens (tertiary/aromatic N) is 2. The monoisotopic (exact) mass is 309 g/mol. The second kappa shape index (κ2) is 7.56. The van der Waals surface area contributed by atoms with Crippen LogP contribution < -0.4 is 10.5 Å². The van der Waals surface area contributed by atoms with Gasteiger partial charge in [-0.05, 0) is 24.1 Å². The molecule has 2 rings (SSSR count). The molecule has 0 amide bonds. The molecule has 1 aromatic rings. The lowest BCUT2D eigenvalue weighted by atomic mass is 10.1. The summed E-state index contributed by atoms with van der Waals surface area (Å²) < 4.78 is 5.35. The van der Waals surface area contributed by atoms with Crippen LogP contribution in [0.3, 0.4) is 0 Å². The van der Waals surface area contributed by atoms with Gasteiger partial charge in [-0.2, -0.15) is 11.8 Å². The molecule has 0 bridgehead atoms. The van der Waals surface area contributed by atoms with Crippen molar-refractivity contribution >= 4 is 17.6 Å². The molecular formula is C15H23N3O2S. The Kier molecular flexibility index (Phi) is 5.76. The summed E-state index contributed by atoms with van der Waals surface area (Å²) in [6, 6.07) is 5.83. The van der Waals surface area contributed by atoms with Crippen LogP contribution in [0.2, 0.25) is 0 Å². The number of benzene rings is 1. The summed E-state index contributed by atoms with van der Waals surface area (Å²) in [5.41, 5.74) is 7.45. The molecule has 1 aliphatic heterocycles. The maximum atomic E-state index is 8.79. The van der Waals surface area contributed by atoms with E-state index >= 15 is 0 Å². The van der Waals surface area contributed by atoms with Crippen molar-refractivity contribution in [3.05, 3.63) is 29.3 Å². The first kappa shape index (κ1) is 16.0. The summed E-state index contributed by atoms with van der Waals surface area (Å²) in [6.45, 7) is 5.40. The fourth-order valence-electron chi connectivity index (χ4n) is 2.53. The minimum absolute atomic E-state index is 0.0684. The van der Waals surface area contributed by atoms with Crippen molar-refractivity contribution in [1.29, 1.82) is 0 Å². The second-order valence-electron chi connectivity index (χ2n) is 5.16. The quantitative estimate of drug-likeness (QED) is 0.377. The number of amidine groups is 1. The van der Waals surface area contributed by atoms with Crippen molar-refractivity contribution in [1.82, 2.24) is 4.90 Å². The van der Waals surface area contributed by atoms with Gasteiger partial charge in [-0.1, -0.05) is 18.1 Å². The second-order valence-corrected chi connectivity index (χ2v) is 6.56. The van der Waals surface area contributed by atoms with Gasteiger partial charge in [-0.15, -0.1) is 0 Å². The number of rotatable bonds is 5. The molecule has 6 heteroatoms. The van der Waals surface area contributed by atoms with Gasteiger partial charge in [0.15, 0.2) is 5.84 Å². The van der Waals surface area contributed by atoms with Crippen molar-refractivity contribution in [2.24, 2.45) is 10.9 Å². The molecule has 5 nitrogen and oxygen atoms in total. The van der Waals surface area contributed by atoms with Gasteiger partial charge in [0.1, 0.15) is 5.75 Å². The smallest absolute Gasteiger partial charge is 0.173 e. The lowest BCUT2D eigenvalue weighted by molar-refractivity contribution is 0.272. The van der Waals surface area contributed by atoms with Gasteiger partial charge >= 0.3 is 0 Å². The van der Waals surface area contributed by atoms with E-state index < -0.39 is 0 Å². The third-order valence-electron chi connectivity index (χ3n) is 3.73. The van der Waals surface area contributed by atoms with E-state index in [4.69, 9.17) is 15.7 Å². The first-order valence-electron chi connectivity index (χ1n) is 7.16. The SMILES string of the molecule is CCC1CN(Cc2ccc(/C(N)=N/O)c(OC)c2)CCS1. The lowest BCUT2D eigenvalue weighted by Gasteiger charge is -2.32. The van der Waals surface area contributed by atoms with Crippen LogP contribution >= 0.6 is 11.8 Å². The van der Waals surface area contributed by atoms with Crippen molar-refractivity contribution in [2.45, 2.75) is 25.1 Å². The standard InChI is InChI=1S/C15H23N3O2S/c1-3-12-10-18(6-7-21-12)9-11-4-5-13(15(16)17-19)14(8-11)20-2/h4-5,8,12,19H,3,6-7,9-10H2,1-2H3,(H2,16,17). The highest BCUT2D eigenvalue weighted by molar-refractivity contribution is 8.00. The van der Waals surface area contributed by atoms with Crippen LogP contribution in [0.25, 0.3) is 0 Å². The molecule has 1 atom stereocenters. The fraction of sp³-hybridized carbons (Fsp3) is 0.533. The molecule has 1 fully saturated rings. The minimum Gasteiger partial charge on any atom is -0.496 e. The number of hydrogen-bond donors (Lipinski definition) is 2. The Morgan fingerprint density at radius 1 is 1.57 bits per heavy atom. The average molecular weight is 309 g/mol. The minimum atomic E-state index is 0.0684. The number of oxime groups is 1. The molecule has 0 aromatic heterocycles. The first-order chi connectivity index (χ1) is 10.2. The van der Waals surface area contributed by atoms with Crippen LogP contribution in [0.4, 0.5) is 0 Å². The maximum absolute atomic E-state index is 8.79. The zero-order valence-corrected chi connectivity index (χ0v) is 13.4. The van der Waals surface area contributed by atoms with E-state index in [0.29, 0.717) is 11.3 Å². The van der Waals surface area contributed by atoms with E-state index in [0.717, 1.165) is 24.9 Å². The van der Waals surface area contributed by atoms with Crippen LogP contribution in [0, 0.1) is 0 Å². The van der Waals surface area contributed by atoms with Crippen LogP contribution in [0.1, 0.15) is 24.5 Å². The van der Waals surface area contributed by atoms with Crippen molar-refractivity contribution in [3.8, 4) is 5.75 Å². The third-order valence-corrected chi connectivity index (χ3v) is 5.11. The Bertz CT molecular complexity index is 508. The van der Waals surface area contributed by atoms with E-state index in [-0.39, 0.29) is 5.84 Å². The zero-order chi connectivity index (χ0) is 15.2. The molecule has 1 heterocycles. The van der Waals surface area contributed by atoms with Crippen LogP contribution in [-0.4, -0.2) is 47.1 Å². The maximum Gasteiger partial charge on any atom is 0.173 e. The zero-order valence-electron chi connectivity index (χ0n) is 12.6. The Morgan fingerprint density at radius 2 is 2.38 bits per heavy atom. The summed E-state index contributed by atoms with van der Waals surface area (Å²) >= 11 is 2.07. The topological polar surface area (TPSA) is 71.1 Å². The molecule has 0 spiro atoms. The summed E-state index contributed by atoms with van der Waals surface area (Å²) in [7, 11) is 1.60. The molecule has 0 saturated carbocycles. The first-order valence-corrected chi connectivity index (χ1v) is 8.21. The van der Waals surface area contributed by atoms with Gasteiger partial charge in [0.05, 0.1) is 12.7 Å². The van der Waals surface area contributed by atoms with Gasteiger partial charge in [0.2, 0.25) is 0 Å². The molecule has 0 radical (unpaired) electrons. The van der Waals surface area contributed by atoms with Gasteiger partial charge in [-0.25, -0.2) is 0 Å². The fourth-order valence-corrected chi connectivity index (χ4v) is 3.78. The predicted molar refractivity (Wildman–Crippen MR) is 87.3 cm³/mol. The molecule has 3 N–H and O–H groups in total. The Balaban J connectivity index is 2.10. The largest absolute Gasteiger partial charge is 0.496 e. The number of thioether (sulfide) groups is 1. The number of ether oxygens (including phenoxy) is 1. The number of nitrogens with two attached hydrogens (primary N) is 1. The molecule has 1 unspecified atom stereocenters. The predicted octanol–water partition coefficient (Wildman–Crippen LogP) is 2.12. The van der Waals surface area contributed by atoms with Crippen molar-refractivity contribution < 1.29 is 9.94 Å². The van der Waals surface area contributed by atoms with E-state index in [9.17, 15) is 0 Å². The Labute approximate surface area is 130 Å². The summed E-state index contributed by atoms with van der Waals surface area (Å²) in [4.78, 5) is 2.47. The van der Waals surface area contributed by atoms with Gasteiger partial charge in [0, 0.05) is 30.6 Å². The molecule has 1 saturated heterocycles. The highest BCUT2D eigenvalue weighted by Crippen LogP contribution is 2.25. The third kappa shape index (κ3) is 4.04.